The smallest absolute Gasteiger partial charge is 0.224 e. The largest absolute Gasteiger partial charge is 0.354 e. The number of aromatic amines is 2. The average molecular weight is 294 g/mol. The number of carbonyl (C=O) groups excluding carboxylic acids is 1. The maximum absolute atomic E-state index is 11.9. The molecule has 0 saturated heterocycles. The molecule has 0 atom stereocenters. The summed E-state index contributed by atoms with van der Waals surface area (Å²) in [6.45, 7) is 3.89. The molecule has 3 aromatic rings. The number of carbonyl (C=O) groups is 1. The van der Waals surface area contributed by atoms with Crippen molar-refractivity contribution in [3.63, 3.8) is 0 Å². The first-order valence-electron chi connectivity index (χ1n) is 6.22. The summed E-state index contributed by atoms with van der Waals surface area (Å²) in [5, 5.41) is 3.80. The molecule has 0 radical (unpaired) electrons. The molecule has 6 nitrogen and oxygen atoms in total. The van der Waals surface area contributed by atoms with Crippen molar-refractivity contribution in [3.8, 4) is 0 Å². The van der Waals surface area contributed by atoms with Crippen LogP contribution in [-0.2, 0) is 11.2 Å². The van der Waals surface area contributed by atoms with Crippen LogP contribution in [-0.4, -0.2) is 31.9 Å². The second kappa shape index (κ2) is 5.50. The van der Waals surface area contributed by atoms with Crippen molar-refractivity contribution in [1.29, 1.82) is 0 Å². The summed E-state index contributed by atoms with van der Waals surface area (Å²) in [4.78, 5) is 26.6. The molecule has 1 amide bonds. The van der Waals surface area contributed by atoms with Crippen LogP contribution in [0.4, 0.5) is 0 Å². The highest BCUT2D eigenvalue weighted by Crippen LogP contribution is 2.24. The molecule has 0 saturated carbocycles. The van der Waals surface area contributed by atoms with Gasteiger partial charge in [0.2, 0.25) is 5.91 Å². The van der Waals surface area contributed by atoms with E-state index in [0.717, 1.165) is 27.6 Å². The first-order valence-corrected chi connectivity index (χ1v) is 6.22. The van der Waals surface area contributed by atoms with E-state index in [1.54, 1.807) is 12.5 Å². The Morgan fingerprint density at radius 3 is 2.90 bits per heavy atom. The van der Waals surface area contributed by atoms with Crippen molar-refractivity contribution >= 4 is 40.4 Å². The summed E-state index contributed by atoms with van der Waals surface area (Å²) in [5.41, 5.74) is 3.39. The van der Waals surface area contributed by atoms with E-state index in [1.165, 1.54) is 0 Å². The van der Waals surface area contributed by atoms with Gasteiger partial charge in [0.05, 0.1) is 29.8 Å². The van der Waals surface area contributed by atoms with Crippen molar-refractivity contribution in [3.05, 3.63) is 24.3 Å². The Labute approximate surface area is 121 Å². The summed E-state index contributed by atoms with van der Waals surface area (Å²) in [5.74, 6) is 0.00318. The van der Waals surface area contributed by atoms with Crippen molar-refractivity contribution < 1.29 is 4.79 Å². The van der Waals surface area contributed by atoms with Crippen LogP contribution in [0.2, 0.25) is 0 Å². The second-order valence-corrected chi connectivity index (χ2v) is 4.86. The summed E-state index contributed by atoms with van der Waals surface area (Å²) >= 11 is 0. The van der Waals surface area contributed by atoms with Crippen LogP contribution in [0.5, 0.6) is 0 Å². The van der Waals surface area contributed by atoms with Crippen molar-refractivity contribution in [2.45, 2.75) is 26.3 Å². The molecule has 3 heterocycles. The van der Waals surface area contributed by atoms with E-state index < -0.39 is 0 Å². The molecule has 0 fully saturated rings. The molecule has 0 aliphatic rings. The van der Waals surface area contributed by atoms with Crippen LogP contribution >= 0.6 is 12.4 Å². The molecule has 0 aliphatic heterocycles. The van der Waals surface area contributed by atoms with Gasteiger partial charge in [-0.05, 0) is 19.4 Å². The topological polar surface area (TPSA) is 86.5 Å². The zero-order chi connectivity index (χ0) is 13.4. The fraction of sp³-hybridized carbons (Fsp3) is 0.308. The first kappa shape index (κ1) is 14.3. The number of rotatable bonds is 3. The summed E-state index contributed by atoms with van der Waals surface area (Å²) in [7, 11) is 0. The zero-order valence-electron chi connectivity index (χ0n) is 11.2. The zero-order valence-corrected chi connectivity index (χ0v) is 12.0. The van der Waals surface area contributed by atoms with E-state index in [-0.39, 0.29) is 24.4 Å². The lowest BCUT2D eigenvalue weighted by Crippen LogP contribution is -2.31. The number of nitrogens with one attached hydrogen (secondary N) is 3. The molecule has 3 rings (SSSR count). The van der Waals surface area contributed by atoms with Crippen LogP contribution in [0.3, 0.4) is 0 Å². The molecular formula is C13H16ClN5O. The van der Waals surface area contributed by atoms with Crippen LogP contribution in [0.15, 0.2) is 18.7 Å². The molecule has 0 spiro atoms. The van der Waals surface area contributed by atoms with E-state index in [2.05, 4.69) is 25.3 Å². The van der Waals surface area contributed by atoms with Gasteiger partial charge in [0.15, 0.2) is 0 Å². The second-order valence-electron chi connectivity index (χ2n) is 4.86. The number of H-pyrrole nitrogens is 2. The predicted molar refractivity (Wildman–Crippen MR) is 80.0 cm³/mol. The molecule has 0 bridgehead atoms. The number of hydrogen-bond donors (Lipinski definition) is 3. The normalized spacial score (nSPS) is 10.9. The molecule has 0 aliphatic carbocycles. The number of imidazole rings is 1. The number of fused-ring (bicyclic) bond motifs is 3. The Hall–Kier alpha value is -2.08. The van der Waals surface area contributed by atoms with Gasteiger partial charge in [0, 0.05) is 12.2 Å². The van der Waals surface area contributed by atoms with Crippen molar-refractivity contribution in [2.24, 2.45) is 0 Å². The van der Waals surface area contributed by atoms with Gasteiger partial charge in [-0.3, -0.25) is 4.79 Å². The molecular weight excluding hydrogens is 278 g/mol. The van der Waals surface area contributed by atoms with Gasteiger partial charge in [-0.2, -0.15) is 0 Å². The van der Waals surface area contributed by atoms with Crippen molar-refractivity contribution in [2.75, 3.05) is 0 Å². The maximum atomic E-state index is 11.9. The third kappa shape index (κ3) is 2.46. The number of pyridine rings is 1. The van der Waals surface area contributed by atoms with Gasteiger partial charge in [-0.25, -0.2) is 9.97 Å². The summed E-state index contributed by atoms with van der Waals surface area (Å²) in [6, 6.07) is 0.140. The molecule has 0 unspecified atom stereocenters. The minimum absolute atomic E-state index is 0. The predicted octanol–water partition coefficient (Wildman–Crippen LogP) is 1.93. The van der Waals surface area contributed by atoms with Crippen LogP contribution in [0, 0.1) is 0 Å². The van der Waals surface area contributed by atoms with E-state index in [4.69, 9.17) is 0 Å². The number of amides is 1. The highest BCUT2D eigenvalue weighted by atomic mass is 35.5. The lowest BCUT2D eigenvalue weighted by Gasteiger charge is -2.07. The van der Waals surface area contributed by atoms with E-state index >= 15 is 0 Å². The molecule has 3 N–H and O–H groups in total. The third-order valence-electron chi connectivity index (χ3n) is 2.97. The quantitative estimate of drug-likeness (QED) is 0.689. The Morgan fingerprint density at radius 2 is 2.15 bits per heavy atom. The molecule has 106 valence electrons. The van der Waals surface area contributed by atoms with Crippen molar-refractivity contribution in [1.82, 2.24) is 25.3 Å². The molecule has 7 heteroatoms. The summed E-state index contributed by atoms with van der Waals surface area (Å²) in [6.07, 6.45) is 5.52. The van der Waals surface area contributed by atoms with E-state index in [0.29, 0.717) is 6.42 Å². The Balaban J connectivity index is 0.00000147. The van der Waals surface area contributed by atoms with Gasteiger partial charge < -0.3 is 15.3 Å². The standard InChI is InChI=1S/C13H15N5O.ClH/c1-7(2)18-10(19)3-8-4-14-13-11(8)12-9(5-15-13)16-6-17-12;/h4-7H,3H2,1-2H3,(H,14,15)(H,16,17)(H,18,19);1H. The molecule has 20 heavy (non-hydrogen) atoms. The van der Waals surface area contributed by atoms with Crippen LogP contribution in [0.25, 0.3) is 22.1 Å². The number of hydrogen-bond acceptors (Lipinski definition) is 3. The molecule has 0 aromatic carbocycles. The Kier molecular flexibility index (Phi) is 3.94. The number of nitrogens with zero attached hydrogens (tertiary/aromatic N) is 2. The SMILES string of the molecule is CC(C)NC(=O)Cc1c[nH]c2ncc3[nH]cnc3c12.Cl. The lowest BCUT2D eigenvalue weighted by molar-refractivity contribution is -0.120. The summed E-state index contributed by atoms with van der Waals surface area (Å²) < 4.78 is 0. The number of aromatic nitrogens is 4. The van der Waals surface area contributed by atoms with E-state index in [1.807, 2.05) is 20.0 Å². The van der Waals surface area contributed by atoms with Gasteiger partial charge in [-0.15, -0.1) is 12.4 Å². The Morgan fingerprint density at radius 1 is 1.35 bits per heavy atom. The average Bonchev–Trinajstić information content (AvgIpc) is 2.93. The van der Waals surface area contributed by atoms with Crippen LogP contribution < -0.4 is 5.32 Å². The monoisotopic (exact) mass is 293 g/mol. The molecule has 3 aromatic heterocycles. The van der Waals surface area contributed by atoms with Gasteiger partial charge >= 0.3 is 0 Å². The van der Waals surface area contributed by atoms with Gasteiger partial charge in [-0.1, -0.05) is 0 Å². The minimum Gasteiger partial charge on any atom is -0.354 e. The third-order valence-corrected chi connectivity index (χ3v) is 2.97. The highest BCUT2D eigenvalue weighted by molar-refractivity contribution is 6.04. The fourth-order valence-corrected chi connectivity index (χ4v) is 2.23. The number of halogens is 1. The first-order chi connectivity index (χ1) is 9.15. The Bertz CT molecular complexity index is 745. The fourth-order valence-electron chi connectivity index (χ4n) is 2.23. The van der Waals surface area contributed by atoms with Gasteiger partial charge in [0.1, 0.15) is 11.2 Å². The van der Waals surface area contributed by atoms with Crippen LogP contribution in [0.1, 0.15) is 19.4 Å². The van der Waals surface area contributed by atoms with E-state index in [9.17, 15) is 4.79 Å². The lowest BCUT2D eigenvalue weighted by atomic mass is 10.1. The highest BCUT2D eigenvalue weighted by Gasteiger charge is 2.14. The maximum Gasteiger partial charge on any atom is 0.224 e. The minimum atomic E-state index is 0. The van der Waals surface area contributed by atoms with Gasteiger partial charge in [0.25, 0.3) is 0 Å².